The maximum absolute atomic E-state index is 13.9. The molecule has 0 nitrogen and oxygen atoms in total. The summed E-state index contributed by atoms with van der Waals surface area (Å²) in [5, 5.41) is -0.405. The number of fused-ring (bicyclic) bond motifs is 3. The van der Waals surface area contributed by atoms with Gasteiger partial charge < -0.3 is 0 Å². The third-order valence-corrected chi connectivity index (χ3v) is 6.96. The van der Waals surface area contributed by atoms with E-state index >= 15 is 0 Å². The first kappa shape index (κ1) is 19.6. The molecule has 0 radical (unpaired) electrons. The Hall–Kier alpha value is -1.67. The van der Waals surface area contributed by atoms with Gasteiger partial charge in [-0.25, -0.2) is 8.78 Å². The lowest BCUT2D eigenvalue weighted by atomic mass is 9.73. The van der Waals surface area contributed by atoms with Gasteiger partial charge in [0.15, 0.2) is 0 Å². The molecule has 3 heteroatoms. The van der Waals surface area contributed by atoms with Gasteiger partial charge in [-0.2, -0.15) is 0 Å². The van der Waals surface area contributed by atoms with Gasteiger partial charge in [0.05, 0.1) is 0 Å². The summed E-state index contributed by atoms with van der Waals surface area (Å²) in [5.41, 5.74) is 6.68. The molecular weight excluding hydrogens is 374 g/mol. The fourth-order valence-corrected chi connectivity index (χ4v) is 5.19. The number of rotatable bonds is 4. The number of benzene rings is 2. The van der Waals surface area contributed by atoms with Crippen LogP contribution in [-0.2, 0) is 25.7 Å². The molecule has 2 atom stereocenters. The molecule has 4 rings (SSSR count). The molecule has 0 amide bonds. The summed E-state index contributed by atoms with van der Waals surface area (Å²) < 4.78 is 27.8. The molecule has 2 aromatic rings. The minimum absolute atomic E-state index is 0.156. The van der Waals surface area contributed by atoms with Gasteiger partial charge in [0.2, 0.25) is 0 Å². The summed E-state index contributed by atoms with van der Waals surface area (Å²) in [6, 6.07) is 7.39. The average molecular weight is 401 g/mol. The van der Waals surface area contributed by atoms with E-state index in [1.54, 1.807) is 5.56 Å². The molecule has 2 aromatic carbocycles. The van der Waals surface area contributed by atoms with E-state index in [4.69, 9.17) is 11.6 Å². The van der Waals surface area contributed by atoms with Crippen molar-refractivity contribution in [3.05, 3.63) is 80.9 Å². The quantitative estimate of drug-likeness (QED) is 0.371. The standard InChI is InChI=1S/C25H27ClF2/c1-2-3-4-5-16-6-10-21-18(12-16)7-8-19-13-17(9-11-22(19)21)20-14-23(27)25(26)24(28)15-20/h2-3,7-8,14-17H,4-6,9-13H2,1H3/t16-,17-/m0/s1. The van der Waals surface area contributed by atoms with Gasteiger partial charge in [0.25, 0.3) is 0 Å². The van der Waals surface area contributed by atoms with Gasteiger partial charge in [-0.05, 0) is 110 Å². The Morgan fingerprint density at radius 3 is 2.32 bits per heavy atom. The van der Waals surface area contributed by atoms with Crippen LogP contribution in [0.3, 0.4) is 0 Å². The van der Waals surface area contributed by atoms with Crippen molar-refractivity contribution >= 4 is 11.6 Å². The maximum atomic E-state index is 13.9. The van der Waals surface area contributed by atoms with Gasteiger partial charge in [0, 0.05) is 0 Å². The van der Waals surface area contributed by atoms with Crippen molar-refractivity contribution in [2.24, 2.45) is 5.92 Å². The average Bonchev–Trinajstić information content (AvgIpc) is 2.71. The summed E-state index contributed by atoms with van der Waals surface area (Å²) in [7, 11) is 0. The number of hydrogen-bond acceptors (Lipinski definition) is 0. The smallest absolute Gasteiger partial charge is 0.145 e. The highest BCUT2D eigenvalue weighted by Gasteiger charge is 2.27. The summed E-state index contributed by atoms with van der Waals surface area (Å²) in [4.78, 5) is 0. The molecule has 0 heterocycles. The van der Waals surface area contributed by atoms with Crippen LogP contribution in [0.1, 0.15) is 66.3 Å². The normalized spacial score (nSPS) is 21.6. The molecule has 0 saturated carbocycles. The molecule has 28 heavy (non-hydrogen) atoms. The maximum Gasteiger partial charge on any atom is 0.145 e. The van der Waals surface area contributed by atoms with Crippen LogP contribution in [0.15, 0.2) is 36.4 Å². The minimum atomic E-state index is -0.656. The molecule has 148 valence electrons. The zero-order valence-corrected chi connectivity index (χ0v) is 17.2. The van der Waals surface area contributed by atoms with Crippen molar-refractivity contribution in [1.82, 2.24) is 0 Å². The minimum Gasteiger partial charge on any atom is -0.205 e. The van der Waals surface area contributed by atoms with Crippen LogP contribution in [0.4, 0.5) is 8.78 Å². The second kappa shape index (κ2) is 8.37. The van der Waals surface area contributed by atoms with Crippen molar-refractivity contribution in [2.45, 2.75) is 64.2 Å². The number of hydrogen-bond donors (Lipinski definition) is 0. The van der Waals surface area contributed by atoms with E-state index in [0.29, 0.717) is 0 Å². The van der Waals surface area contributed by atoms with Crippen molar-refractivity contribution < 1.29 is 8.78 Å². The van der Waals surface area contributed by atoms with Crippen LogP contribution in [0, 0.1) is 17.6 Å². The molecule has 0 aliphatic heterocycles. The Morgan fingerprint density at radius 2 is 1.64 bits per heavy atom. The Balaban J connectivity index is 1.52. The van der Waals surface area contributed by atoms with Crippen LogP contribution in [0.25, 0.3) is 0 Å². The number of halogens is 3. The predicted octanol–water partition coefficient (Wildman–Crippen LogP) is 7.35. The molecule has 0 saturated heterocycles. The highest BCUT2D eigenvalue weighted by Crippen LogP contribution is 2.39. The highest BCUT2D eigenvalue weighted by molar-refractivity contribution is 6.30. The van der Waals surface area contributed by atoms with E-state index in [1.807, 2.05) is 0 Å². The van der Waals surface area contributed by atoms with Crippen molar-refractivity contribution in [2.75, 3.05) is 0 Å². The van der Waals surface area contributed by atoms with E-state index < -0.39 is 16.7 Å². The number of allylic oxidation sites excluding steroid dienone is 2. The first-order valence-electron chi connectivity index (χ1n) is 10.4. The molecule has 0 spiro atoms. The van der Waals surface area contributed by atoms with E-state index in [-0.39, 0.29) is 5.92 Å². The van der Waals surface area contributed by atoms with Gasteiger partial charge in [0.1, 0.15) is 16.7 Å². The summed E-state index contributed by atoms with van der Waals surface area (Å²) in [6.07, 6.45) is 13.3. The lowest BCUT2D eigenvalue weighted by molar-refractivity contribution is 0.427. The SMILES string of the molecule is CC=CCC[C@H]1CCc2c(ccc3c2CC[C@H](c2cc(F)c(Cl)c(F)c2)C3)C1. The Bertz CT molecular complexity index is 877. The second-order valence-corrected chi connectivity index (χ2v) is 8.71. The molecule has 0 fully saturated rings. The lowest BCUT2D eigenvalue weighted by Crippen LogP contribution is -2.20. The van der Waals surface area contributed by atoms with Gasteiger partial charge >= 0.3 is 0 Å². The van der Waals surface area contributed by atoms with Crippen molar-refractivity contribution in [3.8, 4) is 0 Å². The van der Waals surface area contributed by atoms with Crippen LogP contribution >= 0.6 is 11.6 Å². The molecule has 0 aromatic heterocycles. The van der Waals surface area contributed by atoms with Gasteiger partial charge in [-0.15, -0.1) is 0 Å². The van der Waals surface area contributed by atoms with Gasteiger partial charge in [-0.1, -0.05) is 35.9 Å². The molecule has 0 N–H and O–H groups in total. The zero-order valence-electron chi connectivity index (χ0n) is 16.4. The van der Waals surface area contributed by atoms with E-state index in [1.165, 1.54) is 60.9 Å². The van der Waals surface area contributed by atoms with Gasteiger partial charge in [-0.3, -0.25) is 0 Å². The molecule has 2 aliphatic carbocycles. The highest BCUT2D eigenvalue weighted by atomic mass is 35.5. The molecule has 0 bridgehead atoms. The summed E-state index contributed by atoms with van der Waals surface area (Å²) >= 11 is 5.65. The van der Waals surface area contributed by atoms with Crippen molar-refractivity contribution in [3.63, 3.8) is 0 Å². The van der Waals surface area contributed by atoms with E-state index in [2.05, 4.69) is 31.2 Å². The van der Waals surface area contributed by atoms with Crippen molar-refractivity contribution in [1.29, 1.82) is 0 Å². The Labute approximate surface area is 171 Å². The third kappa shape index (κ3) is 3.89. The first-order chi connectivity index (χ1) is 13.6. The summed E-state index contributed by atoms with van der Waals surface area (Å²) in [6.45, 7) is 2.09. The van der Waals surface area contributed by atoms with Crippen LogP contribution in [0.2, 0.25) is 5.02 Å². The largest absolute Gasteiger partial charge is 0.205 e. The van der Waals surface area contributed by atoms with Crippen LogP contribution in [-0.4, -0.2) is 0 Å². The fraction of sp³-hybridized carbons (Fsp3) is 0.440. The fourth-order valence-electron chi connectivity index (χ4n) is 5.08. The zero-order chi connectivity index (χ0) is 19.7. The van der Waals surface area contributed by atoms with E-state index in [9.17, 15) is 8.78 Å². The monoisotopic (exact) mass is 400 g/mol. The predicted molar refractivity (Wildman–Crippen MR) is 112 cm³/mol. The third-order valence-electron chi connectivity index (χ3n) is 6.60. The molecule has 2 aliphatic rings. The summed E-state index contributed by atoms with van der Waals surface area (Å²) in [5.74, 6) is -0.365. The van der Waals surface area contributed by atoms with Crippen LogP contribution < -0.4 is 0 Å². The molecular formula is C25H27ClF2. The van der Waals surface area contributed by atoms with E-state index in [0.717, 1.165) is 30.7 Å². The first-order valence-corrected chi connectivity index (χ1v) is 10.8. The Morgan fingerprint density at radius 1 is 1.00 bits per heavy atom. The molecule has 0 unspecified atom stereocenters. The second-order valence-electron chi connectivity index (χ2n) is 8.33. The topological polar surface area (TPSA) is 0 Å². The lowest BCUT2D eigenvalue weighted by Gasteiger charge is -2.32. The Kier molecular flexibility index (Phi) is 5.87. The van der Waals surface area contributed by atoms with Crippen LogP contribution in [0.5, 0.6) is 0 Å².